The van der Waals surface area contributed by atoms with Gasteiger partial charge in [0.2, 0.25) is 0 Å². The third kappa shape index (κ3) is 2.61. The summed E-state index contributed by atoms with van der Waals surface area (Å²) in [6.45, 7) is 0. The van der Waals surface area contributed by atoms with Crippen LogP contribution in [0.2, 0.25) is 0 Å². The topological polar surface area (TPSA) is 50.2 Å². The number of halogens is 1. The number of carbonyl (C=O) groups is 1. The molecule has 1 N–H and O–H groups in total. The highest BCUT2D eigenvalue weighted by Gasteiger charge is 2.15. The summed E-state index contributed by atoms with van der Waals surface area (Å²) in [5.74, 6) is -0.916. The van der Waals surface area contributed by atoms with E-state index in [-0.39, 0.29) is 0 Å². The molecule has 2 aromatic rings. The molecule has 3 nitrogen and oxygen atoms in total. The molecule has 0 radical (unpaired) electrons. The standard InChI is InChI=1S/C12H10BrNO2S/c13-9-4-3-7(6-10(17)12(15)16)11-8(9)2-1-5-14-11/h1-5,10,17H,6H2,(H,15,16). The summed E-state index contributed by atoms with van der Waals surface area (Å²) in [7, 11) is 0. The Balaban J connectivity index is 2.48. The van der Waals surface area contributed by atoms with Crippen molar-refractivity contribution in [1.82, 2.24) is 4.98 Å². The predicted molar refractivity (Wildman–Crippen MR) is 73.6 cm³/mol. The van der Waals surface area contributed by atoms with Crippen LogP contribution in [0.25, 0.3) is 10.9 Å². The van der Waals surface area contributed by atoms with Crippen LogP contribution in [0.15, 0.2) is 34.9 Å². The highest BCUT2D eigenvalue weighted by Crippen LogP contribution is 2.26. The number of nitrogens with zero attached hydrogens (tertiary/aromatic N) is 1. The van der Waals surface area contributed by atoms with E-state index in [1.54, 1.807) is 6.20 Å². The summed E-state index contributed by atoms with van der Waals surface area (Å²) in [5, 5.41) is 9.14. The van der Waals surface area contributed by atoms with E-state index in [9.17, 15) is 4.79 Å². The monoisotopic (exact) mass is 311 g/mol. The smallest absolute Gasteiger partial charge is 0.316 e. The second kappa shape index (κ2) is 5.06. The number of carboxylic acids is 1. The Labute approximate surface area is 112 Å². The van der Waals surface area contributed by atoms with Crippen molar-refractivity contribution >= 4 is 45.4 Å². The van der Waals surface area contributed by atoms with Crippen molar-refractivity contribution in [2.75, 3.05) is 0 Å². The molecule has 1 aromatic heterocycles. The van der Waals surface area contributed by atoms with Gasteiger partial charge in [0.05, 0.1) is 5.52 Å². The van der Waals surface area contributed by atoms with E-state index in [2.05, 4.69) is 33.5 Å². The molecule has 0 amide bonds. The maximum absolute atomic E-state index is 10.8. The van der Waals surface area contributed by atoms with Crippen LogP contribution in [-0.2, 0) is 11.2 Å². The molecule has 0 aliphatic rings. The lowest BCUT2D eigenvalue weighted by atomic mass is 10.1. The van der Waals surface area contributed by atoms with Gasteiger partial charge in [-0.1, -0.05) is 28.1 Å². The van der Waals surface area contributed by atoms with Crippen LogP contribution < -0.4 is 0 Å². The summed E-state index contributed by atoms with van der Waals surface area (Å²) >= 11 is 7.50. The first-order valence-electron chi connectivity index (χ1n) is 5.02. The van der Waals surface area contributed by atoms with E-state index in [0.29, 0.717) is 6.42 Å². The molecule has 0 spiro atoms. The Bertz CT molecular complexity index is 573. The molecule has 88 valence electrons. The van der Waals surface area contributed by atoms with E-state index in [4.69, 9.17) is 5.11 Å². The summed E-state index contributed by atoms with van der Waals surface area (Å²) in [4.78, 5) is 15.1. The van der Waals surface area contributed by atoms with Crippen molar-refractivity contribution < 1.29 is 9.90 Å². The van der Waals surface area contributed by atoms with Crippen LogP contribution >= 0.6 is 28.6 Å². The molecule has 1 unspecified atom stereocenters. The Morgan fingerprint density at radius 2 is 2.24 bits per heavy atom. The maximum atomic E-state index is 10.8. The fraction of sp³-hybridized carbons (Fsp3) is 0.167. The fourth-order valence-corrected chi connectivity index (χ4v) is 2.31. The van der Waals surface area contributed by atoms with Gasteiger partial charge >= 0.3 is 5.97 Å². The zero-order valence-electron chi connectivity index (χ0n) is 8.80. The van der Waals surface area contributed by atoms with E-state index in [0.717, 1.165) is 20.9 Å². The second-order valence-electron chi connectivity index (χ2n) is 3.66. The van der Waals surface area contributed by atoms with Crippen LogP contribution in [0.3, 0.4) is 0 Å². The molecule has 1 aromatic carbocycles. The van der Waals surface area contributed by atoms with Gasteiger partial charge < -0.3 is 5.11 Å². The molecule has 0 saturated heterocycles. The van der Waals surface area contributed by atoms with Gasteiger partial charge in [-0.25, -0.2) is 0 Å². The molecule has 0 saturated carbocycles. The molecule has 5 heteroatoms. The highest BCUT2D eigenvalue weighted by molar-refractivity contribution is 9.10. The summed E-state index contributed by atoms with van der Waals surface area (Å²) in [6, 6.07) is 7.59. The number of hydrogen-bond donors (Lipinski definition) is 2. The molecule has 0 bridgehead atoms. The zero-order chi connectivity index (χ0) is 12.4. The third-order valence-corrected chi connectivity index (χ3v) is 3.59. The number of pyridine rings is 1. The first-order chi connectivity index (χ1) is 8.09. The van der Waals surface area contributed by atoms with Gasteiger partial charge in [-0.3, -0.25) is 9.78 Å². The zero-order valence-corrected chi connectivity index (χ0v) is 11.3. The normalized spacial score (nSPS) is 12.6. The van der Waals surface area contributed by atoms with Gasteiger partial charge in [0.15, 0.2) is 0 Å². The summed E-state index contributed by atoms with van der Waals surface area (Å²) < 4.78 is 0.954. The quantitative estimate of drug-likeness (QED) is 0.857. The molecule has 0 fully saturated rings. The molecular weight excluding hydrogens is 302 g/mol. The number of carboxylic acid groups (broad SMARTS) is 1. The van der Waals surface area contributed by atoms with E-state index in [1.165, 1.54) is 0 Å². The SMILES string of the molecule is O=C(O)C(S)Cc1ccc(Br)c2cccnc12. The maximum Gasteiger partial charge on any atom is 0.316 e. The lowest BCUT2D eigenvalue weighted by Gasteiger charge is -2.09. The summed E-state index contributed by atoms with van der Waals surface area (Å²) in [5.41, 5.74) is 1.72. The Kier molecular flexibility index (Phi) is 3.69. The summed E-state index contributed by atoms with van der Waals surface area (Å²) in [6.07, 6.45) is 2.06. The second-order valence-corrected chi connectivity index (χ2v) is 5.14. The minimum atomic E-state index is -0.916. The molecule has 0 aliphatic heterocycles. The minimum Gasteiger partial charge on any atom is -0.480 e. The first kappa shape index (κ1) is 12.4. The minimum absolute atomic E-state index is 0.360. The number of rotatable bonds is 3. The Morgan fingerprint density at radius 1 is 1.47 bits per heavy atom. The number of fused-ring (bicyclic) bond motifs is 1. The van der Waals surface area contributed by atoms with Gasteiger partial charge in [0.1, 0.15) is 5.25 Å². The van der Waals surface area contributed by atoms with Crippen molar-refractivity contribution in [3.8, 4) is 0 Å². The van der Waals surface area contributed by atoms with Gasteiger partial charge in [0.25, 0.3) is 0 Å². The Hall–Kier alpha value is -1.07. The molecule has 0 aliphatic carbocycles. The number of hydrogen-bond acceptors (Lipinski definition) is 3. The molecule has 17 heavy (non-hydrogen) atoms. The average Bonchev–Trinajstić information content (AvgIpc) is 2.33. The molecule has 1 atom stereocenters. The average molecular weight is 312 g/mol. The van der Waals surface area contributed by atoms with E-state index in [1.807, 2.05) is 24.3 Å². The largest absolute Gasteiger partial charge is 0.480 e. The van der Waals surface area contributed by atoms with Crippen LogP contribution in [0, 0.1) is 0 Å². The fourth-order valence-electron chi connectivity index (χ4n) is 1.66. The lowest BCUT2D eigenvalue weighted by molar-refractivity contribution is -0.136. The number of aromatic nitrogens is 1. The number of benzene rings is 1. The first-order valence-corrected chi connectivity index (χ1v) is 6.33. The number of aliphatic carboxylic acids is 1. The molecular formula is C12H10BrNO2S. The van der Waals surface area contributed by atoms with Gasteiger partial charge in [-0.15, -0.1) is 0 Å². The third-order valence-electron chi connectivity index (χ3n) is 2.50. The molecule has 1 heterocycles. The van der Waals surface area contributed by atoms with Crippen molar-refractivity contribution in [1.29, 1.82) is 0 Å². The molecule has 2 rings (SSSR count). The van der Waals surface area contributed by atoms with Gasteiger partial charge in [-0.05, 0) is 24.1 Å². The van der Waals surface area contributed by atoms with Crippen molar-refractivity contribution in [3.05, 3.63) is 40.5 Å². The van der Waals surface area contributed by atoms with Gasteiger partial charge in [0, 0.05) is 16.1 Å². The van der Waals surface area contributed by atoms with Crippen molar-refractivity contribution in [2.45, 2.75) is 11.7 Å². The predicted octanol–water partition coefficient (Wildman–Crippen LogP) is 2.92. The van der Waals surface area contributed by atoms with Crippen molar-refractivity contribution in [2.24, 2.45) is 0 Å². The van der Waals surface area contributed by atoms with Crippen LogP contribution in [0.4, 0.5) is 0 Å². The lowest BCUT2D eigenvalue weighted by Crippen LogP contribution is -2.16. The van der Waals surface area contributed by atoms with E-state index >= 15 is 0 Å². The van der Waals surface area contributed by atoms with E-state index < -0.39 is 11.2 Å². The Morgan fingerprint density at radius 3 is 2.94 bits per heavy atom. The number of thiol groups is 1. The van der Waals surface area contributed by atoms with Crippen LogP contribution in [0.5, 0.6) is 0 Å². The van der Waals surface area contributed by atoms with Crippen molar-refractivity contribution in [3.63, 3.8) is 0 Å². The highest BCUT2D eigenvalue weighted by atomic mass is 79.9. The van der Waals surface area contributed by atoms with Crippen LogP contribution in [-0.4, -0.2) is 21.3 Å². The van der Waals surface area contributed by atoms with Gasteiger partial charge in [-0.2, -0.15) is 12.6 Å². The van der Waals surface area contributed by atoms with Crippen LogP contribution in [0.1, 0.15) is 5.56 Å².